The first-order chi connectivity index (χ1) is 12.5. The van der Waals surface area contributed by atoms with Crippen molar-refractivity contribution in [2.45, 2.75) is 49.7 Å². The molecule has 0 aromatic carbocycles. The third-order valence-electron chi connectivity index (χ3n) is 4.07. The van der Waals surface area contributed by atoms with Gasteiger partial charge in [0.2, 0.25) is 0 Å². The minimum absolute atomic E-state index is 0.00421. The standard InChI is InChI=1S/C13H20N2O4S.C2HF3O2/c1-8(16)20-9-6-11(13(18)19-2)15(7-9)12(17)10-4-3-5-14-10;3-2(4,5)1(6)7/h9-11,14H,3-7H2,1-2H3;(H,6,7)/t9-,10-,11-;/m0./s1. The third-order valence-corrected chi connectivity index (χ3v) is 5.08. The number of thioether (sulfide) groups is 1. The van der Waals surface area contributed by atoms with Crippen molar-refractivity contribution in [2.75, 3.05) is 20.2 Å². The van der Waals surface area contributed by atoms with Crippen molar-refractivity contribution < 1.29 is 47.5 Å². The van der Waals surface area contributed by atoms with E-state index in [0.717, 1.165) is 19.4 Å². The van der Waals surface area contributed by atoms with Crippen molar-refractivity contribution in [1.29, 1.82) is 0 Å². The molecule has 2 N–H and O–H groups in total. The summed E-state index contributed by atoms with van der Waals surface area (Å²) in [7, 11) is 1.33. The van der Waals surface area contributed by atoms with Crippen LogP contribution >= 0.6 is 11.8 Å². The first-order valence-corrected chi connectivity index (χ1v) is 9.02. The average molecular weight is 414 g/mol. The van der Waals surface area contributed by atoms with Gasteiger partial charge in [0.25, 0.3) is 5.91 Å². The van der Waals surface area contributed by atoms with Gasteiger partial charge in [-0.25, -0.2) is 4.79 Å². The molecule has 12 heteroatoms. The first-order valence-electron chi connectivity index (χ1n) is 8.14. The second kappa shape index (κ2) is 9.93. The smallest absolute Gasteiger partial charge is 0.430 e. The Morgan fingerprint density at radius 2 is 1.85 bits per heavy atom. The van der Waals surface area contributed by atoms with Crippen molar-refractivity contribution in [3.8, 4) is 0 Å². The third kappa shape index (κ3) is 7.01. The number of aliphatic carboxylic acids is 1. The Balaban J connectivity index is 0.000000445. The number of methoxy groups -OCH3 is 1. The van der Waals surface area contributed by atoms with E-state index in [-0.39, 0.29) is 28.3 Å². The molecule has 2 aliphatic heterocycles. The van der Waals surface area contributed by atoms with E-state index in [9.17, 15) is 27.6 Å². The van der Waals surface area contributed by atoms with Gasteiger partial charge in [0.15, 0.2) is 11.2 Å². The van der Waals surface area contributed by atoms with Crippen LogP contribution in [-0.2, 0) is 23.9 Å². The molecule has 2 rings (SSSR count). The van der Waals surface area contributed by atoms with Crippen LogP contribution in [0.4, 0.5) is 13.2 Å². The van der Waals surface area contributed by atoms with Gasteiger partial charge in [0.05, 0.1) is 13.7 Å². The highest BCUT2D eigenvalue weighted by Crippen LogP contribution is 2.29. The van der Waals surface area contributed by atoms with Crippen LogP contribution in [0.5, 0.6) is 0 Å². The van der Waals surface area contributed by atoms with Crippen LogP contribution in [0.2, 0.25) is 0 Å². The number of ether oxygens (including phenoxy) is 1. The lowest BCUT2D eigenvalue weighted by Gasteiger charge is -2.24. The fraction of sp³-hybridized carbons (Fsp3) is 0.733. The number of amides is 1. The number of carbonyl (C=O) groups excluding carboxylic acids is 4. The van der Waals surface area contributed by atoms with Gasteiger partial charge in [-0.3, -0.25) is 9.59 Å². The normalized spacial score (nSPS) is 24.8. The molecule has 2 fully saturated rings. The number of quaternary nitrogens is 1. The lowest BCUT2D eigenvalue weighted by molar-refractivity contribution is -0.658. The highest BCUT2D eigenvalue weighted by atomic mass is 32.2. The van der Waals surface area contributed by atoms with Gasteiger partial charge in [-0.05, 0) is 6.42 Å². The maximum absolute atomic E-state index is 12.5. The van der Waals surface area contributed by atoms with E-state index in [0.29, 0.717) is 13.0 Å². The second-order valence-electron chi connectivity index (χ2n) is 6.06. The van der Waals surface area contributed by atoms with Gasteiger partial charge in [-0.1, -0.05) is 11.8 Å². The van der Waals surface area contributed by atoms with Gasteiger partial charge in [0, 0.05) is 31.6 Å². The zero-order valence-corrected chi connectivity index (χ0v) is 15.6. The Morgan fingerprint density at radius 3 is 2.26 bits per heavy atom. The maximum Gasteiger partial charge on any atom is 0.430 e. The summed E-state index contributed by atoms with van der Waals surface area (Å²) in [6.07, 6.45) is -2.82. The van der Waals surface area contributed by atoms with E-state index in [2.05, 4.69) is 0 Å². The number of nitrogens with two attached hydrogens (primary N) is 1. The molecular formula is C15H21F3N2O6S. The van der Waals surface area contributed by atoms with Crippen LogP contribution in [-0.4, -0.2) is 71.6 Å². The molecule has 2 saturated heterocycles. The molecule has 0 aliphatic carbocycles. The molecule has 0 aromatic heterocycles. The molecule has 3 atom stereocenters. The zero-order chi connectivity index (χ0) is 20.8. The van der Waals surface area contributed by atoms with Crippen LogP contribution < -0.4 is 10.4 Å². The summed E-state index contributed by atoms with van der Waals surface area (Å²) in [6, 6.07) is -0.624. The summed E-state index contributed by atoms with van der Waals surface area (Å²) in [5.41, 5.74) is 0. The molecule has 0 unspecified atom stereocenters. The summed E-state index contributed by atoms with van der Waals surface area (Å²) in [5.74, 6) is -3.39. The molecule has 0 bridgehead atoms. The minimum Gasteiger partial charge on any atom is -0.542 e. The molecule has 1 amide bonds. The van der Waals surface area contributed by atoms with E-state index in [1.54, 1.807) is 4.90 Å². The lowest BCUT2D eigenvalue weighted by atomic mass is 10.1. The fourth-order valence-corrected chi connectivity index (χ4v) is 3.92. The number of carboxylic acids is 1. The van der Waals surface area contributed by atoms with Gasteiger partial charge >= 0.3 is 12.1 Å². The number of nitrogens with zero attached hydrogens (tertiary/aromatic N) is 1. The Morgan fingerprint density at radius 1 is 1.26 bits per heavy atom. The van der Waals surface area contributed by atoms with Crippen molar-refractivity contribution >= 4 is 34.7 Å². The molecule has 2 aliphatic rings. The number of hydrogen-bond donors (Lipinski definition) is 1. The van der Waals surface area contributed by atoms with Crippen LogP contribution in [0.15, 0.2) is 0 Å². The minimum atomic E-state index is -5.19. The number of esters is 1. The number of alkyl halides is 3. The number of likely N-dealkylation sites (tertiary alicyclic amines) is 1. The number of hydrogen-bond acceptors (Lipinski definition) is 7. The van der Waals surface area contributed by atoms with E-state index >= 15 is 0 Å². The van der Waals surface area contributed by atoms with E-state index in [4.69, 9.17) is 14.6 Å². The predicted octanol–water partition coefficient (Wildman–Crippen LogP) is -1.57. The van der Waals surface area contributed by atoms with Gasteiger partial charge < -0.3 is 24.9 Å². The maximum atomic E-state index is 12.5. The molecule has 0 spiro atoms. The molecular weight excluding hydrogens is 393 g/mol. The summed E-state index contributed by atoms with van der Waals surface area (Å²) in [5, 5.41) is 10.8. The molecule has 0 radical (unpaired) electrons. The van der Waals surface area contributed by atoms with Gasteiger partial charge in [-0.2, -0.15) is 13.2 Å². The van der Waals surface area contributed by atoms with Crippen LogP contribution in [0, 0.1) is 0 Å². The van der Waals surface area contributed by atoms with E-state index < -0.39 is 18.2 Å². The van der Waals surface area contributed by atoms with Crippen LogP contribution in [0.25, 0.3) is 0 Å². The highest BCUT2D eigenvalue weighted by molar-refractivity contribution is 8.14. The summed E-state index contributed by atoms with van der Waals surface area (Å²) in [6.45, 7) is 2.92. The summed E-state index contributed by atoms with van der Waals surface area (Å²) < 4.78 is 36.3. The van der Waals surface area contributed by atoms with Crippen molar-refractivity contribution in [3.05, 3.63) is 0 Å². The summed E-state index contributed by atoms with van der Waals surface area (Å²) in [4.78, 5) is 46.0. The van der Waals surface area contributed by atoms with E-state index in [1.807, 2.05) is 5.32 Å². The monoisotopic (exact) mass is 414 g/mol. The van der Waals surface area contributed by atoms with Crippen molar-refractivity contribution in [1.82, 2.24) is 4.90 Å². The van der Waals surface area contributed by atoms with Crippen molar-refractivity contribution in [2.24, 2.45) is 0 Å². The highest BCUT2D eigenvalue weighted by Gasteiger charge is 2.44. The quantitative estimate of drug-likeness (QED) is 0.554. The lowest BCUT2D eigenvalue weighted by Crippen LogP contribution is -2.89. The summed E-state index contributed by atoms with van der Waals surface area (Å²) >= 11 is 1.21. The Hall–Kier alpha value is -1.82. The number of carboxylic acid groups (broad SMARTS) is 1. The zero-order valence-electron chi connectivity index (χ0n) is 14.8. The topological polar surface area (TPSA) is 120 Å². The molecule has 27 heavy (non-hydrogen) atoms. The largest absolute Gasteiger partial charge is 0.542 e. The number of rotatable bonds is 3. The number of carbonyl (C=O) groups is 4. The molecule has 2 heterocycles. The fourth-order valence-electron chi connectivity index (χ4n) is 2.93. The average Bonchev–Trinajstić information content (AvgIpc) is 3.22. The molecule has 0 aromatic rings. The number of halogens is 3. The second-order valence-corrected chi connectivity index (χ2v) is 7.53. The first kappa shape index (κ1) is 23.2. The molecule has 154 valence electrons. The Kier molecular flexibility index (Phi) is 8.54. The van der Waals surface area contributed by atoms with E-state index in [1.165, 1.54) is 25.8 Å². The predicted molar refractivity (Wildman–Crippen MR) is 85.1 cm³/mol. The van der Waals surface area contributed by atoms with Gasteiger partial charge in [-0.15, -0.1) is 0 Å². The van der Waals surface area contributed by atoms with Crippen molar-refractivity contribution in [3.63, 3.8) is 0 Å². The molecule has 8 nitrogen and oxygen atoms in total. The van der Waals surface area contributed by atoms with Crippen LogP contribution in [0.3, 0.4) is 0 Å². The Bertz CT molecular complexity index is 580. The molecule has 0 saturated carbocycles. The van der Waals surface area contributed by atoms with Crippen LogP contribution in [0.1, 0.15) is 26.2 Å². The Labute approximate surface area is 157 Å². The SMILES string of the molecule is COC(=O)[C@@H]1C[C@H](SC(C)=O)CN1C(=O)[C@@H]1CCC[NH2+]1.O=C([O-])C(F)(F)F. The van der Waals surface area contributed by atoms with Gasteiger partial charge in [0.1, 0.15) is 12.0 Å².